The van der Waals surface area contributed by atoms with Gasteiger partial charge in [-0.3, -0.25) is 4.79 Å². The van der Waals surface area contributed by atoms with Crippen molar-refractivity contribution in [2.75, 3.05) is 13.2 Å². The number of carbonyl (C=O) groups is 1. The largest absolute Gasteiger partial charge is 0.455 e. The molecule has 1 saturated heterocycles. The number of halogens is 3. The summed E-state index contributed by atoms with van der Waals surface area (Å²) in [6.45, 7) is 2.25. The van der Waals surface area contributed by atoms with Gasteiger partial charge in [0.05, 0.1) is 13.2 Å². The number of alkyl halides is 3. The van der Waals surface area contributed by atoms with E-state index in [-0.39, 0.29) is 5.01 Å². The molecule has 1 fully saturated rings. The summed E-state index contributed by atoms with van der Waals surface area (Å²) in [6.07, 6.45) is -3.99. The molecule has 0 aliphatic carbocycles. The molecule has 0 atom stereocenters. The van der Waals surface area contributed by atoms with Crippen molar-refractivity contribution in [2.45, 2.75) is 18.9 Å². The summed E-state index contributed by atoms with van der Waals surface area (Å²) in [5, 5.41) is 0.211. The van der Waals surface area contributed by atoms with Crippen LogP contribution in [0, 0.1) is 0 Å². The number of thiazole rings is 1. The van der Waals surface area contributed by atoms with E-state index in [9.17, 15) is 18.0 Å². The summed E-state index contributed by atoms with van der Waals surface area (Å²) in [7, 11) is 0. The maximum absolute atomic E-state index is 12.2. The van der Waals surface area contributed by atoms with Crippen LogP contribution < -0.4 is 0 Å². The third kappa shape index (κ3) is 2.33. The Morgan fingerprint density at radius 2 is 2.06 bits per heavy atom. The second kappa shape index (κ2) is 4.04. The zero-order valence-electron chi connectivity index (χ0n) is 8.71. The van der Waals surface area contributed by atoms with Crippen molar-refractivity contribution >= 4 is 17.1 Å². The predicted molar refractivity (Wildman–Crippen MR) is 51.8 cm³/mol. The summed E-state index contributed by atoms with van der Waals surface area (Å²) in [5.41, 5.74) is 0. The van der Waals surface area contributed by atoms with Crippen LogP contribution in [0.4, 0.5) is 13.2 Å². The number of ketones is 1. The molecule has 1 aliphatic rings. The molecular formula is C9H8F3NO3S. The zero-order chi connectivity index (χ0) is 12.7. The standard InChI is InChI=1S/C9H8F3NO3S/c1-8(15-2-3-16-8)7-13-4-5(17-7)6(14)9(10,11)12/h4H,2-3H2,1H3. The fraction of sp³-hybridized carbons (Fsp3) is 0.556. The summed E-state index contributed by atoms with van der Waals surface area (Å²) in [4.78, 5) is 14.2. The molecule has 0 radical (unpaired) electrons. The molecule has 0 N–H and O–H groups in total. The van der Waals surface area contributed by atoms with E-state index in [0.717, 1.165) is 6.20 Å². The fourth-order valence-corrected chi connectivity index (χ4v) is 2.30. The Morgan fingerprint density at radius 3 is 2.59 bits per heavy atom. The van der Waals surface area contributed by atoms with Gasteiger partial charge in [-0.2, -0.15) is 13.2 Å². The maximum atomic E-state index is 12.2. The molecule has 1 aliphatic heterocycles. The first-order valence-electron chi connectivity index (χ1n) is 4.69. The zero-order valence-corrected chi connectivity index (χ0v) is 9.52. The van der Waals surface area contributed by atoms with Crippen molar-refractivity contribution in [3.8, 4) is 0 Å². The highest BCUT2D eigenvalue weighted by molar-refractivity contribution is 7.13. The first-order valence-corrected chi connectivity index (χ1v) is 5.50. The van der Waals surface area contributed by atoms with Gasteiger partial charge in [0.25, 0.3) is 5.78 Å². The topological polar surface area (TPSA) is 48.4 Å². The van der Waals surface area contributed by atoms with Gasteiger partial charge < -0.3 is 9.47 Å². The Morgan fingerprint density at radius 1 is 1.47 bits per heavy atom. The van der Waals surface area contributed by atoms with Crippen LogP contribution in [-0.4, -0.2) is 30.2 Å². The SMILES string of the molecule is CC1(c2ncc(C(=O)C(F)(F)F)s2)OCCO1. The van der Waals surface area contributed by atoms with Gasteiger partial charge in [0.2, 0.25) is 5.79 Å². The third-order valence-corrected chi connectivity index (χ3v) is 3.39. The van der Waals surface area contributed by atoms with E-state index in [4.69, 9.17) is 9.47 Å². The molecule has 0 saturated carbocycles. The lowest BCUT2D eigenvalue weighted by Crippen LogP contribution is -2.22. The van der Waals surface area contributed by atoms with E-state index in [0.29, 0.717) is 24.6 Å². The molecule has 0 amide bonds. The first kappa shape index (κ1) is 12.5. The van der Waals surface area contributed by atoms with Crippen molar-refractivity contribution in [1.82, 2.24) is 4.98 Å². The van der Waals surface area contributed by atoms with Crippen molar-refractivity contribution in [2.24, 2.45) is 0 Å². The molecule has 0 unspecified atom stereocenters. The van der Waals surface area contributed by atoms with E-state index in [1.807, 2.05) is 0 Å². The normalized spacial score (nSPS) is 19.5. The Balaban J connectivity index is 2.25. The molecule has 2 rings (SSSR count). The van der Waals surface area contributed by atoms with E-state index in [2.05, 4.69) is 4.98 Å². The van der Waals surface area contributed by atoms with E-state index in [1.54, 1.807) is 6.92 Å². The van der Waals surface area contributed by atoms with Crippen LogP contribution in [0.2, 0.25) is 0 Å². The number of rotatable bonds is 2. The van der Waals surface area contributed by atoms with Crippen LogP contribution in [0.1, 0.15) is 21.6 Å². The fourth-order valence-electron chi connectivity index (χ4n) is 1.37. The second-order valence-electron chi connectivity index (χ2n) is 3.50. The van der Waals surface area contributed by atoms with E-state index < -0.39 is 22.6 Å². The number of hydrogen-bond donors (Lipinski definition) is 0. The van der Waals surface area contributed by atoms with Gasteiger partial charge in [0.1, 0.15) is 4.88 Å². The minimum atomic E-state index is -4.89. The van der Waals surface area contributed by atoms with Gasteiger partial charge in [0.15, 0.2) is 5.01 Å². The van der Waals surface area contributed by atoms with Gasteiger partial charge in [-0.1, -0.05) is 0 Å². The molecular weight excluding hydrogens is 259 g/mol. The van der Waals surface area contributed by atoms with Gasteiger partial charge in [-0.25, -0.2) is 4.98 Å². The second-order valence-corrected chi connectivity index (χ2v) is 4.53. The van der Waals surface area contributed by atoms with Crippen molar-refractivity contribution in [3.05, 3.63) is 16.1 Å². The molecule has 1 aromatic rings. The number of ether oxygens (including phenoxy) is 2. The number of carbonyl (C=O) groups excluding carboxylic acids is 1. The summed E-state index contributed by atoms with van der Waals surface area (Å²) in [5.74, 6) is -3.04. The molecule has 4 nitrogen and oxygen atoms in total. The summed E-state index contributed by atoms with van der Waals surface area (Å²) in [6, 6.07) is 0. The van der Waals surface area contributed by atoms with Gasteiger partial charge in [-0.05, 0) is 6.92 Å². The summed E-state index contributed by atoms with van der Waals surface area (Å²) < 4.78 is 47.0. The molecule has 0 aromatic carbocycles. The molecule has 2 heterocycles. The lowest BCUT2D eigenvalue weighted by atomic mass is 10.3. The van der Waals surface area contributed by atoms with E-state index in [1.165, 1.54) is 0 Å². The van der Waals surface area contributed by atoms with Crippen molar-refractivity contribution < 1.29 is 27.4 Å². The average molecular weight is 267 g/mol. The maximum Gasteiger partial charge on any atom is 0.455 e. The lowest BCUT2D eigenvalue weighted by molar-refractivity contribution is -0.149. The number of nitrogens with zero attached hydrogens (tertiary/aromatic N) is 1. The minimum Gasteiger partial charge on any atom is -0.342 e. The van der Waals surface area contributed by atoms with Gasteiger partial charge in [-0.15, -0.1) is 11.3 Å². The quantitative estimate of drug-likeness (QED) is 0.770. The average Bonchev–Trinajstić information content (AvgIpc) is 2.84. The number of aromatic nitrogens is 1. The van der Waals surface area contributed by atoms with Gasteiger partial charge >= 0.3 is 6.18 Å². The molecule has 1 aromatic heterocycles. The minimum absolute atomic E-state index is 0.211. The van der Waals surface area contributed by atoms with E-state index >= 15 is 0 Å². The number of hydrogen-bond acceptors (Lipinski definition) is 5. The Bertz CT molecular complexity index is 437. The van der Waals surface area contributed by atoms with Gasteiger partial charge in [0, 0.05) is 6.20 Å². The monoisotopic (exact) mass is 267 g/mol. The molecule has 0 spiro atoms. The predicted octanol–water partition coefficient (Wildman–Crippen LogP) is 2.11. The van der Waals surface area contributed by atoms with Crippen molar-refractivity contribution in [3.63, 3.8) is 0 Å². The van der Waals surface area contributed by atoms with Crippen LogP contribution >= 0.6 is 11.3 Å². The lowest BCUT2D eigenvalue weighted by Gasteiger charge is -2.18. The van der Waals surface area contributed by atoms with Crippen molar-refractivity contribution in [1.29, 1.82) is 0 Å². The molecule has 8 heteroatoms. The van der Waals surface area contributed by atoms with Crippen LogP contribution in [0.3, 0.4) is 0 Å². The van der Waals surface area contributed by atoms with Crippen LogP contribution in [0.15, 0.2) is 6.20 Å². The Hall–Kier alpha value is -0.990. The van der Waals surface area contributed by atoms with Crippen LogP contribution in [-0.2, 0) is 15.3 Å². The highest BCUT2D eigenvalue weighted by Crippen LogP contribution is 2.35. The van der Waals surface area contributed by atoms with Crippen LogP contribution in [0.5, 0.6) is 0 Å². The Kier molecular flexibility index (Phi) is 2.96. The van der Waals surface area contributed by atoms with Crippen LogP contribution in [0.25, 0.3) is 0 Å². The first-order chi connectivity index (χ1) is 7.83. The number of Topliss-reactive ketones (excluding diaryl/α,β-unsaturated/α-hetero) is 1. The highest BCUT2D eigenvalue weighted by Gasteiger charge is 2.42. The summed E-state index contributed by atoms with van der Waals surface area (Å²) >= 11 is 0.633. The smallest absolute Gasteiger partial charge is 0.342 e. The Labute approximate surface area is 98.4 Å². The highest BCUT2D eigenvalue weighted by atomic mass is 32.1. The molecule has 17 heavy (non-hydrogen) atoms. The molecule has 0 bridgehead atoms. The molecule has 94 valence electrons. The third-order valence-electron chi connectivity index (χ3n) is 2.21.